The van der Waals surface area contributed by atoms with Gasteiger partial charge in [-0.3, -0.25) is 0 Å². The Morgan fingerprint density at radius 2 is 2.00 bits per heavy atom. The van der Waals surface area contributed by atoms with Gasteiger partial charge in [-0.15, -0.1) is 0 Å². The normalized spacial score (nSPS) is 10.6. The molecule has 1 aromatic heterocycles. The Bertz CT molecular complexity index is 629. The summed E-state index contributed by atoms with van der Waals surface area (Å²) in [6, 6.07) is 5.97. The fraction of sp³-hybridized carbons (Fsp3) is 0.375. The Morgan fingerprint density at radius 3 is 2.60 bits per heavy atom. The second kappa shape index (κ2) is 5.90. The van der Waals surface area contributed by atoms with E-state index in [1.165, 1.54) is 5.56 Å². The molecule has 0 atom stereocenters. The molecule has 106 valence electrons. The maximum atomic E-state index is 11.8. The fourth-order valence-electron chi connectivity index (χ4n) is 1.95. The Labute approximate surface area is 118 Å². The molecule has 0 saturated carbocycles. The zero-order valence-electron chi connectivity index (χ0n) is 12.3. The molecule has 0 amide bonds. The van der Waals surface area contributed by atoms with E-state index < -0.39 is 5.97 Å². The van der Waals surface area contributed by atoms with Crippen molar-refractivity contribution >= 4 is 5.97 Å². The summed E-state index contributed by atoms with van der Waals surface area (Å²) in [5.41, 5.74) is 3.88. The van der Waals surface area contributed by atoms with Gasteiger partial charge >= 0.3 is 5.97 Å². The van der Waals surface area contributed by atoms with Crippen molar-refractivity contribution in [2.75, 3.05) is 6.61 Å². The summed E-state index contributed by atoms with van der Waals surface area (Å²) in [6.45, 7) is 8.11. The van der Waals surface area contributed by atoms with Crippen molar-refractivity contribution in [1.82, 2.24) is 4.98 Å². The van der Waals surface area contributed by atoms with E-state index in [1.54, 1.807) is 6.92 Å². The average molecular weight is 273 g/mol. The molecule has 20 heavy (non-hydrogen) atoms. The number of hydrogen-bond acceptors (Lipinski definition) is 4. The molecule has 0 unspecified atom stereocenters. The molecule has 0 fully saturated rings. The molecule has 4 heteroatoms. The van der Waals surface area contributed by atoms with Crippen molar-refractivity contribution in [3.63, 3.8) is 0 Å². The quantitative estimate of drug-likeness (QED) is 0.797. The highest BCUT2D eigenvalue weighted by Crippen LogP contribution is 2.25. The molecule has 4 nitrogen and oxygen atoms in total. The molecule has 0 spiro atoms. The minimum absolute atomic E-state index is 0.211. The van der Waals surface area contributed by atoms with Crippen molar-refractivity contribution < 1.29 is 13.9 Å². The number of carbonyl (C=O) groups excluding carboxylic acids is 1. The first-order chi connectivity index (χ1) is 9.56. The van der Waals surface area contributed by atoms with Crippen molar-refractivity contribution in [2.24, 2.45) is 0 Å². The highest BCUT2D eigenvalue weighted by atomic mass is 16.5. The van der Waals surface area contributed by atoms with Gasteiger partial charge in [0.05, 0.1) is 12.3 Å². The van der Waals surface area contributed by atoms with Crippen LogP contribution in [0.25, 0.3) is 11.5 Å². The first-order valence-corrected chi connectivity index (χ1v) is 6.81. The van der Waals surface area contributed by atoms with Gasteiger partial charge in [-0.05, 0) is 50.5 Å². The third kappa shape index (κ3) is 2.74. The van der Waals surface area contributed by atoms with Gasteiger partial charge in [0.1, 0.15) is 0 Å². The summed E-state index contributed by atoms with van der Waals surface area (Å²) in [7, 11) is 0. The number of aromatic nitrogens is 1. The number of hydrogen-bond donors (Lipinski definition) is 0. The molecule has 1 heterocycles. The Hall–Kier alpha value is -2.10. The van der Waals surface area contributed by atoms with Crippen molar-refractivity contribution in [3.05, 3.63) is 40.8 Å². The van der Waals surface area contributed by atoms with Crippen molar-refractivity contribution in [3.8, 4) is 11.5 Å². The van der Waals surface area contributed by atoms with Crippen LogP contribution in [0.2, 0.25) is 0 Å². The number of benzene rings is 1. The summed E-state index contributed by atoms with van der Waals surface area (Å²) >= 11 is 0. The molecule has 2 rings (SSSR count). The number of aryl methyl sites for hydroxylation is 3. The standard InChI is InChI=1S/C16H19NO3/c1-5-13-14(16(18)19-6-2)20-15(17-13)12-8-7-10(3)11(4)9-12/h7-9H,5-6H2,1-4H3. The van der Waals surface area contributed by atoms with Crippen LogP contribution in [0.4, 0.5) is 0 Å². The third-order valence-electron chi connectivity index (χ3n) is 3.25. The van der Waals surface area contributed by atoms with Gasteiger partial charge in [0.2, 0.25) is 11.7 Å². The predicted molar refractivity (Wildman–Crippen MR) is 76.7 cm³/mol. The molecular weight excluding hydrogens is 254 g/mol. The predicted octanol–water partition coefficient (Wildman–Crippen LogP) is 3.70. The van der Waals surface area contributed by atoms with E-state index >= 15 is 0 Å². The molecule has 0 aliphatic carbocycles. The largest absolute Gasteiger partial charge is 0.460 e. The van der Waals surface area contributed by atoms with Gasteiger partial charge in [-0.25, -0.2) is 9.78 Å². The lowest BCUT2D eigenvalue weighted by molar-refractivity contribution is 0.0489. The van der Waals surface area contributed by atoms with Crippen LogP contribution in [0, 0.1) is 13.8 Å². The van der Waals surface area contributed by atoms with Crippen LogP contribution in [0.5, 0.6) is 0 Å². The van der Waals surface area contributed by atoms with Gasteiger partial charge in [-0.2, -0.15) is 0 Å². The van der Waals surface area contributed by atoms with Crippen LogP contribution in [0.1, 0.15) is 41.2 Å². The van der Waals surface area contributed by atoms with E-state index in [1.807, 2.05) is 32.0 Å². The Morgan fingerprint density at radius 1 is 1.25 bits per heavy atom. The van der Waals surface area contributed by atoms with Gasteiger partial charge < -0.3 is 9.15 Å². The van der Waals surface area contributed by atoms with Gasteiger partial charge in [0, 0.05) is 5.56 Å². The van der Waals surface area contributed by atoms with Crippen molar-refractivity contribution in [2.45, 2.75) is 34.1 Å². The molecule has 0 aliphatic heterocycles. The second-order valence-corrected chi connectivity index (χ2v) is 4.67. The molecule has 1 aromatic carbocycles. The van der Waals surface area contributed by atoms with E-state index in [4.69, 9.17) is 9.15 Å². The van der Waals surface area contributed by atoms with Crippen LogP contribution in [0.15, 0.2) is 22.6 Å². The fourth-order valence-corrected chi connectivity index (χ4v) is 1.95. The summed E-state index contributed by atoms with van der Waals surface area (Å²) in [5, 5.41) is 0. The molecule has 0 bridgehead atoms. The lowest BCUT2D eigenvalue weighted by Crippen LogP contribution is -2.05. The number of rotatable bonds is 4. The van der Waals surface area contributed by atoms with Crippen molar-refractivity contribution in [1.29, 1.82) is 0 Å². The molecular formula is C16H19NO3. The van der Waals surface area contributed by atoms with Gasteiger partial charge in [-0.1, -0.05) is 13.0 Å². The van der Waals surface area contributed by atoms with Gasteiger partial charge in [0.25, 0.3) is 0 Å². The highest BCUT2D eigenvalue weighted by Gasteiger charge is 2.21. The number of ether oxygens (including phenoxy) is 1. The smallest absolute Gasteiger partial charge is 0.376 e. The molecule has 0 saturated heterocycles. The lowest BCUT2D eigenvalue weighted by atomic mass is 10.1. The minimum Gasteiger partial charge on any atom is -0.460 e. The summed E-state index contributed by atoms with van der Waals surface area (Å²) in [4.78, 5) is 16.2. The molecule has 0 radical (unpaired) electrons. The molecule has 0 N–H and O–H groups in total. The number of carbonyl (C=O) groups is 1. The topological polar surface area (TPSA) is 52.3 Å². The number of esters is 1. The van der Waals surface area contributed by atoms with Crippen LogP contribution in [-0.4, -0.2) is 17.6 Å². The van der Waals surface area contributed by atoms with E-state index in [0.717, 1.165) is 11.1 Å². The summed E-state index contributed by atoms with van der Waals surface area (Å²) in [5.74, 6) is 0.225. The van der Waals surface area contributed by atoms with Crippen LogP contribution < -0.4 is 0 Å². The average Bonchev–Trinajstić information content (AvgIpc) is 2.86. The van der Waals surface area contributed by atoms with Crippen LogP contribution >= 0.6 is 0 Å². The monoisotopic (exact) mass is 273 g/mol. The first-order valence-electron chi connectivity index (χ1n) is 6.81. The highest BCUT2D eigenvalue weighted by molar-refractivity contribution is 5.88. The van der Waals surface area contributed by atoms with Gasteiger partial charge in [0.15, 0.2) is 0 Å². The SMILES string of the molecule is CCOC(=O)c1oc(-c2ccc(C)c(C)c2)nc1CC. The Balaban J connectivity index is 2.42. The molecule has 0 aliphatic rings. The van der Waals surface area contributed by atoms with E-state index in [0.29, 0.717) is 24.6 Å². The third-order valence-corrected chi connectivity index (χ3v) is 3.25. The molecule has 2 aromatic rings. The lowest BCUT2D eigenvalue weighted by Gasteiger charge is -2.01. The zero-order chi connectivity index (χ0) is 14.7. The zero-order valence-corrected chi connectivity index (χ0v) is 12.3. The van der Waals surface area contributed by atoms with E-state index in [2.05, 4.69) is 11.9 Å². The number of nitrogens with zero attached hydrogens (tertiary/aromatic N) is 1. The Kier molecular flexibility index (Phi) is 4.23. The first kappa shape index (κ1) is 14.3. The second-order valence-electron chi connectivity index (χ2n) is 4.67. The van der Waals surface area contributed by atoms with Crippen LogP contribution in [0.3, 0.4) is 0 Å². The van der Waals surface area contributed by atoms with E-state index in [-0.39, 0.29) is 5.76 Å². The summed E-state index contributed by atoms with van der Waals surface area (Å²) < 4.78 is 10.6. The summed E-state index contributed by atoms with van der Waals surface area (Å²) in [6.07, 6.45) is 0.627. The maximum absolute atomic E-state index is 11.8. The maximum Gasteiger partial charge on any atom is 0.376 e. The number of oxazole rings is 1. The van der Waals surface area contributed by atoms with Crippen LogP contribution in [-0.2, 0) is 11.2 Å². The minimum atomic E-state index is -0.452. The van der Waals surface area contributed by atoms with E-state index in [9.17, 15) is 4.79 Å².